The Balaban J connectivity index is 2.05. The molecule has 0 aliphatic heterocycles. The second-order valence-electron chi connectivity index (χ2n) is 5.72. The molecule has 2 aromatic rings. The van der Waals surface area contributed by atoms with E-state index in [0.717, 1.165) is 0 Å². The molecule has 0 heterocycles. The Hall–Kier alpha value is -3.42. The Labute approximate surface area is 156 Å². The summed E-state index contributed by atoms with van der Waals surface area (Å²) in [5.41, 5.74) is 0.841. The first kappa shape index (κ1) is 19.9. The SMILES string of the molecule is CCOc1ccccc1NC(=O)C(C)OC(=O)c1ccc([N+](=O)[O-])c(C)c1. The number of benzene rings is 2. The maximum Gasteiger partial charge on any atom is 0.338 e. The number of hydrogen-bond donors (Lipinski definition) is 1. The van der Waals surface area contributed by atoms with Gasteiger partial charge in [0.1, 0.15) is 5.75 Å². The number of rotatable bonds is 7. The van der Waals surface area contributed by atoms with E-state index in [-0.39, 0.29) is 11.3 Å². The molecule has 27 heavy (non-hydrogen) atoms. The molecule has 0 aliphatic rings. The van der Waals surface area contributed by atoms with Gasteiger partial charge >= 0.3 is 5.97 Å². The zero-order valence-electron chi connectivity index (χ0n) is 15.2. The highest BCUT2D eigenvalue weighted by atomic mass is 16.6. The van der Waals surface area contributed by atoms with Crippen molar-refractivity contribution in [2.75, 3.05) is 11.9 Å². The third kappa shape index (κ3) is 5.04. The minimum absolute atomic E-state index is 0.0927. The van der Waals surface area contributed by atoms with Crippen LogP contribution >= 0.6 is 0 Å². The fourth-order valence-corrected chi connectivity index (χ4v) is 2.36. The average Bonchev–Trinajstić information content (AvgIpc) is 2.63. The number of para-hydroxylation sites is 2. The molecule has 2 rings (SSSR count). The number of nitro benzene ring substituents is 1. The summed E-state index contributed by atoms with van der Waals surface area (Å²) in [6.07, 6.45) is -1.07. The van der Waals surface area contributed by atoms with Gasteiger partial charge in [-0.2, -0.15) is 0 Å². The maximum absolute atomic E-state index is 12.3. The standard InChI is InChI=1S/C19H20N2O6/c1-4-26-17-8-6-5-7-15(17)20-18(22)13(3)27-19(23)14-9-10-16(21(24)25)12(2)11-14/h5-11,13H,4H2,1-3H3,(H,20,22). The summed E-state index contributed by atoms with van der Waals surface area (Å²) in [6, 6.07) is 10.8. The van der Waals surface area contributed by atoms with Crippen LogP contribution in [-0.4, -0.2) is 29.5 Å². The Kier molecular flexibility index (Phi) is 6.48. The molecule has 0 fully saturated rings. The van der Waals surface area contributed by atoms with Crippen LogP contribution in [0.4, 0.5) is 11.4 Å². The number of carbonyl (C=O) groups excluding carboxylic acids is 2. The van der Waals surface area contributed by atoms with E-state index in [1.165, 1.54) is 32.0 Å². The molecule has 1 amide bonds. The third-order valence-electron chi connectivity index (χ3n) is 3.73. The van der Waals surface area contributed by atoms with Crippen LogP contribution in [0.1, 0.15) is 29.8 Å². The zero-order valence-corrected chi connectivity index (χ0v) is 15.2. The molecule has 0 spiro atoms. The van der Waals surface area contributed by atoms with E-state index in [4.69, 9.17) is 9.47 Å². The van der Waals surface area contributed by atoms with Gasteiger partial charge in [-0.1, -0.05) is 12.1 Å². The second-order valence-corrected chi connectivity index (χ2v) is 5.72. The predicted octanol–water partition coefficient (Wildman–Crippen LogP) is 3.49. The minimum atomic E-state index is -1.07. The highest BCUT2D eigenvalue weighted by molar-refractivity contribution is 5.98. The number of esters is 1. The van der Waals surface area contributed by atoms with Crippen molar-refractivity contribution in [1.82, 2.24) is 0 Å². The smallest absolute Gasteiger partial charge is 0.338 e. The van der Waals surface area contributed by atoms with Gasteiger partial charge in [-0.05, 0) is 45.0 Å². The van der Waals surface area contributed by atoms with Gasteiger partial charge in [0, 0.05) is 11.6 Å². The van der Waals surface area contributed by atoms with Crippen LogP contribution < -0.4 is 10.1 Å². The molecule has 2 aromatic carbocycles. The molecule has 0 saturated heterocycles. The van der Waals surface area contributed by atoms with Gasteiger partial charge in [0.2, 0.25) is 0 Å². The molecule has 142 valence electrons. The summed E-state index contributed by atoms with van der Waals surface area (Å²) in [5.74, 6) is -0.749. The van der Waals surface area contributed by atoms with Crippen molar-refractivity contribution in [3.63, 3.8) is 0 Å². The Morgan fingerprint density at radius 3 is 2.56 bits per heavy atom. The first-order chi connectivity index (χ1) is 12.8. The Morgan fingerprint density at radius 1 is 1.22 bits per heavy atom. The molecule has 1 atom stereocenters. The molecule has 0 aromatic heterocycles. The van der Waals surface area contributed by atoms with Crippen molar-refractivity contribution in [2.45, 2.75) is 26.9 Å². The average molecular weight is 372 g/mol. The number of anilines is 1. The van der Waals surface area contributed by atoms with Gasteiger partial charge in [0.05, 0.1) is 22.8 Å². The van der Waals surface area contributed by atoms with E-state index in [2.05, 4.69) is 5.32 Å². The van der Waals surface area contributed by atoms with Gasteiger partial charge in [-0.15, -0.1) is 0 Å². The number of amides is 1. The number of carbonyl (C=O) groups is 2. The zero-order chi connectivity index (χ0) is 20.0. The van der Waals surface area contributed by atoms with E-state index in [9.17, 15) is 19.7 Å². The number of nitrogens with one attached hydrogen (secondary N) is 1. The lowest BCUT2D eigenvalue weighted by atomic mass is 10.1. The number of nitrogens with zero attached hydrogens (tertiary/aromatic N) is 1. The summed E-state index contributed by atoms with van der Waals surface area (Å²) in [7, 11) is 0. The van der Waals surface area contributed by atoms with E-state index < -0.39 is 22.9 Å². The number of aryl methyl sites for hydroxylation is 1. The first-order valence-corrected chi connectivity index (χ1v) is 8.32. The molecule has 1 unspecified atom stereocenters. The van der Waals surface area contributed by atoms with Crippen LogP contribution in [0, 0.1) is 17.0 Å². The van der Waals surface area contributed by atoms with Crippen LogP contribution in [-0.2, 0) is 9.53 Å². The lowest BCUT2D eigenvalue weighted by molar-refractivity contribution is -0.385. The molecule has 8 heteroatoms. The van der Waals surface area contributed by atoms with E-state index in [1.807, 2.05) is 6.92 Å². The van der Waals surface area contributed by atoms with Gasteiger partial charge < -0.3 is 14.8 Å². The van der Waals surface area contributed by atoms with Crippen molar-refractivity contribution < 1.29 is 24.0 Å². The Morgan fingerprint density at radius 2 is 1.93 bits per heavy atom. The Bertz CT molecular complexity index is 865. The molecule has 8 nitrogen and oxygen atoms in total. The fraction of sp³-hybridized carbons (Fsp3) is 0.263. The highest BCUT2D eigenvalue weighted by Gasteiger charge is 2.21. The maximum atomic E-state index is 12.3. The van der Waals surface area contributed by atoms with Gasteiger partial charge in [-0.3, -0.25) is 14.9 Å². The van der Waals surface area contributed by atoms with E-state index in [0.29, 0.717) is 23.6 Å². The minimum Gasteiger partial charge on any atom is -0.492 e. The van der Waals surface area contributed by atoms with Crippen molar-refractivity contribution in [3.8, 4) is 5.75 Å². The number of ether oxygens (including phenoxy) is 2. The fourth-order valence-electron chi connectivity index (χ4n) is 2.36. The third-order valence-corrected chi connectivity index (χ3v) is 3.73. The first-order valence-electron chi connectivity index (χ1n) is 8.32. The van der Waals surface area contributed by atoms with E-state index in [1.54, 1.807) is 24.3 Å². The van der Waals surface area contributed by atoms with Crippen LogP contribution in [0.2, 0.25) is 0 Å². The van der Waals surface area contributed by atoms with Crippen molar-refractivity contribution >= 4 is 23.3 Å². The molecule has 0 saturated carbocycles. The molecular weight excluding hydrogens is 352 g/mol. The summed E-state index contributed by atoms with van der Waals surface area (Å²) in [4.78, 5) is 34.8. The molecule has 0 bridgehead atoms. The van der Waals surface area contributed by atoms with Gasteiger partial charge in [0.25, 0.3) is 11.6 Å². The van der Waals surface area contributed by atoms with Crippen molar-refractivity contribution in [1.29, 1.82) is 0 Å². The second kappa shape index (κ2) is 8.79. The highest BCUT2D eigenvalue weighted by Crippen LogP contribution is 2.24. The largest absolute Gasteiger partial charge is 0.492 e. The lowest BCUT2D eigenvalue weighted by Gasteiger charge is -2.15. The van der Waals surface area contributed by atoms with Gasteiger partial charge in [-0.25, -0.2) is 4.79 Å². The summed E-state index contributed by atoms with van der Waals surface area (Å²) in [5, 5.41) is 13.5. The normalized spacial score (nSPS) is 11.4. The summed E-state index contributed by atoms with van der Waals surface area (Å²) < 4.78 is 10.6. The van der Waals surface area contributed by atoms with Crippen LogP contribution in [0.15, 0.2) is 42.5 Å². The van der Waals surface area contributed by atoms with Crippen LogP contribution in [0.25, 0.3) is 0 Å². The van der Waals surface area contributed by atoms with E-state index >= 15 is 0 Å². The molecule has 0 radical (unpaired) electrons. The van der Waals surface area contributed by atoms with Gasteiger partial charge in [0.15, 0.2) is 6.10 Å². The molecule has 0 aliphatic carbocycles. The van der Waals surface area contributed by atoms with Crippen LogP contribution in [0.3, 0.4) is 0 Å². The predicted molar refractivity (Wildman–Crippen MR) is 99.0 cm³/mol. The number of hydrogen-bond acceptors (Lipinski definition) is 6. The monoisotopic (exact) mass is 372 g/mol. The topological polar surface area (TPSA) is 108 Å². The lowest BCUT2D eigenvalue weighted by Crippen LogP contribution is -2.30. The van der Waals surface area contributed by atoms with Crippen molar-refractivity contribution in [2.24, 2.45) is 0 Å². The molecular formula is C19H20N2O6. The number of nitro groups is 1. The summed E-state index contributed by atoms with van der Waals surface area (Å²) in [6.45, 7) is 5.23. The summed E-state index contributed by atoms with van der Waals surface area (Å²) >= 11 is 0. The quantitative estimate of drug-likeness (QED) is 0.453. The van der Waals surface area contributed by atoms with Crippen molar-refractivity contribution in [3.05, 3.63) is 63.7 Å². The van der Waals surface area contributed by atoms with Crippen LogP contribution in [0.5, 0.6) is 5.75 Å². The molecule has 1 N–H and O–H groups in total.